The zero-order valence-electron chi connectivity index (χ0n) is 8.41. The molecular weight excluding hydrogens is 286 g/mol. The number of halogens is 3. The summed E-state index contributed by atoms with van der Waals surface area (Å²) in [6, 6.07) is 0. The Morgan fingerprint density at radius 3 is 2.81 bits per heavy atom. The average molecular weight is 297 g/mol. The topological polar surface area (TPSA) is 70.1 Å². The highest BCUT2D eigenvalue weighted by Crippen LogP contribution is 2.20. The average Bonchev–Trinajstić information content (AvgIpc) is 2.27. The van der Waals surface area contributed by atoms with Crippen molar-refractivity contribution in [2.75, 3.05) is 24.2 Å². The molecule has 1 heterocycles. The van der Waals surface area contributed by atoms with Gasteiger partial charge in [-0.15, -0.1) is 0 Å². The largest absolute Gasteiger partial charge is 0.385 e. The van der Waals surface area contributed by atoms with E-state index in [2.05, 4.69) is 36.5 Å². The zero-order chi connectivity index (χ0) is 12.1. The van der Waals surface area contributed by atoms with E-state index in [1.165, 1.54) is 6.20 Å². The van der Waals surface area contributed by atoms with Gasteiger partial charge in [0, 0.05) is 19.8 Å². The number of rotatable bonds is 5. The van der Waals surface area contributed by atoms with Crippen molar-refractivity contribution in [1.29, 1.82) is 0 Å². The predicted molar refractivity (Wildman–Crippen MR) is 59.8 cm³/mol. The van der Waals surface area contributed by atoms with Crippen molar-refractivity contribution in [1.82, 2.24) is 9.97 Å². The Balaban J connectivity index is 2.65. The Morgan fingerprint density at radius 2 is 2.25 bits per heavy atom. The Labute approximate surface area is 99.4 Å². The van der Waals surface area contributed by atoms with Gasteiger partial charge < -0.3 is 15.7 Å². The molecule has 3 N–H and O–H groups in total. The number of nitrogens with zero attached hydrogens (tertiary/aromatic N) is 2. The highest BCUT2D eigenvalue weighted by molar-refractivity contribution is 9.10. The summed E-state index contributed by atoms with van der Waals surface area (Å²) in [4.78, 5) is 7.89. The summed E-state index contributed by atoms with van der Waals surface area (Å²) < 4.78 is 24.6. The number of aliphatic hydroxyl groups is 1. The lowest BCUT2D eigenvalue weighted by Gasteiger charge is -2.12. The summed E-state index contributed by atoms with van der Waals surface area (Å²) in [5.74, 6) is 0.705. The van der Waals surface area contributed by atoms with Crippen LogP contribution in [-0.4, -0.2) is 41.2 Å². The molecule has 0 saturated carbocycles. The quantitative estimate of drug-likeness (QED) is 0.764. The predicted octanol–water partition coefficient (Wildman–Crippen LogP) is 1.32. The van der Waals surface area contributed by atoms with E-state index >= 15 is 0 Å². The number of aromatic nitrogens is 2. The summed E-state index contributed by atoms with van der Waals surface area (Å²) in [5, 5.41) is 14.2. The molecule has 8 heteroatoms. The van der Waals surface area contributed by atoms with Gasteiger partial charge in [0.1, 0.15) is 11.9 Å². The molecule has 0 aliphatic rings. The minimum Gasteiger partial charge on any atom is -0.385 e. The number of nitrogens with one attached hydrogen (secondary N) is 2. The lowest BCUT2D eigenvalue weighted by atomic mass is 10.3. The molecule has 0 amide bonds. The van der Waals surface area contributed by atoms with Crippen molar-refractivity contribution in [3.05, 3.63) is 10.7 Å². The maximum atomic E-state index is 12.0. The second-order valence-electron chi connectivity index (χ2n) is 2.92. The normalized spacial score (nSPS) is 12.6. The van der Waals surface area contributed by atoms with Crippen LogP contribution in [0.25, 0.3) is 0 Å². The number of aliphatic hydroxyl groups excluding tert-OH is 1. The smallest absolute Gasteiger partial charge is 0.265 e. The lowest BCUT2D eigenvalue weighted by Crippen LogP contribution is -2.27. The molecule has 0 aliphatic carbocycles. The molecule has 1 aromatic heterocycles. The molecule has 1 rings (SSSR count). The van der Waals surface area contributed by atoms with E-state index in [-0.39, 0.29) is 6.54 Å². The van der Waals surface area contributed by atoms with Crippen LogP contribution in [0.4, 0.5) is 20.5 Å². The summed E-state index contributed by atoms with van der Waals surface area (Å²) in [6.07, 6.45) is -3.02. The molecule has 5 nitrogen and oxygen atoms in total. The Hall–Kier alpha value is -1.02. The van der Waals surface area contributed by atoms with Crippen molar-refractivity contribution in [2.24, 2.45) is 0 Å². The Bertz CT molecular complexity index is 353. The van der Waals surface area contributed by atoms with Crippen LogP contribution >= 0.6 is 15.9 Å². The third-order valence-corrected chi connectivity index (χ3v) is 2.32. The molecule has 0 fully saturated rings. The number of alkyl halides is 2. The third-order valence-electron chi connectivity index (χ3n) is 1.74. The van der Waals surface area contributed by atoms with Crippen LogP contribution in [0, 0.1) is 0 Å². The molecule has 0 spiro atoms. The van der Waals surface area contributed by atoms with Gasteiger partial charge in [-0.3, -0.25) is 0 Å². The molecule has 0 radical (unpaired) electrons. The van der Waals surface area contributed by atoms with Gasteiger partial charge in [0.05, 0.1) is 4.47 Å². The summed E-state index contributed by atoms with van der Waals surface area (Å²) in [7, 11) is 1.64. The zero-order valence-corrected chi connectivity index (χ0v) is 10.0. The van der Waals surface area contributed by atoms with Crippen LogP contribution in [-0.2, 0) is 0 Å². The van der Waals surface area contributed by atoms with Gasteiger partial charge in [0.25, 0.3) is 6.43 Å². The highest BCUT2D eigenvalue weighted by atomic mass is 79.9. The summed E-state index contributed by atoms with van der Waals surface area (Å²) in [6.45, 7) is -0.281. The van der Waals surface area contributed by atoms with Crippen molar-refractivity contribution in [2.45, 2.75) is 12.5 Å². The second kappa shape index (κ2) is 5.90. The molecule has 1 unspecified atom stereocenters. The molecule has 0 saturated heterocycles. The molecular formula is C8H11BrF2N4O. The summed E-state index contributed by atoms with van der Waals surface area (Å²) in [5.41, 5.74) is 0. The van der Waals surface area contributed by atoms with Crippen LogP contribution in [0.1, 0.15) is 0 Å². The molecule has 1 aromatic rings. The van der Waals surface area contributed by atoms with Crippen molar-refractivity contribution in [3.63, 3.8) is 0 Å². The minimum absolute atomic E-state index is 0.281. The fraction of sp³-hybridized carbons (Fsp3) is 0.500. The van der Waals surface area contributed by atoms with Crippen molar-refractivity contribution in [3.8, 4) is 0 Å². The van der Waals surface area contributed by atoms with Gasteiger partial charge in [-0.2, -0.15) is 4.98 Å². The van der Waals surface area contributed by atoms with Crippen LogP contribution in [0.2, 0.25) is 0 Å². The van der Waals surface area contributed by atoms with E-state index in [1.807, 2.05) is 0 Å². The van der Waals surface area contributed by atoms with Crippen LogP contribution in [0.15, 0.2) is 10.7 Å². The van der Waals surface area contributed by atoms with E-state index in [4.69, 9.17) is 5.11 Å². The highest BCUT2D eigenvalue weighted by Gasteiger charge is 2.17. The van der Waals surface area contributed by atoms with E-state index < -0.39 is 12.5 Å². The van der Waals surface area contributed by atoms with E-state index in [0.29, 0.717) is 16.2 Å². The maximum absolute atomic E-state index is 12.0. The van der Waals surface area contributed by atoms with Crippen LogP contribution in [0.5, 0.6) is 0 Å². The van der Waals surface area contributed by atoms with Gasteiger partial charge in [-0.25, -0.2) is 13.8 Å². The Kier molecular flexibility index (Phi) is 4.81. The van der Waals surface area contributed by atoms with Gasteiger partial charge in [0.15, 0.2) is 0 Å². The first-order valence-electron chi connectivity index (χ1n) is 4.45. The number of hydrogen-bond donors (Lipinski definition) is 3. The first kappa shape index (κ1) is 13.0. The van der Waals surface area contributed by atoms with Gasteiger partial charge in [-0.05, 0) is 15.9 Å². The monoisotopic (exact) mass is 296 g/mol. The number of hydrogen-bond acceptors (Lipinski definition) is 5. The van der Waals surface area contributed by atoms with E-state index in [9.17, 15) is 8.78 Å². The third kappa shape index (κ3) is 3.53. The van der Waals surface area contributed by atoms with Crippen LogP contribution in [0.3, 0.4) is 0 Å². The maximum Gasteiger partial charge on any atom is 0.265 e. The molecule has 16 heavy (non-hydrogen) atoms. The lowest BCUT2D eigenvalue weighted by molar-refractivity contribution is 0.00380. The van der Waals surface area contributed by atoms with Gasteiger partial charge in [0.2, 0.25) is 5.95 Å². The van der Waals surface area contributed by atoms with Gasteiger partial charge in [-0.1, -0.05) is 0 Å². The molecule has 0 bridgehead atoms. The molecule has 90 valence electrons. The standard InChI is InChI=1S/C8H11BrF2N4O/c1-12-8-14-2-4(9)7(15-8)13-3-5(16)6(10)11/h2,5-6,16H,3H2,1H3,(H2,12,13,14,15). The van der Waals surface area contributed by atoms with E-state index in [1.54, 1.807) is 7.05 Å². The first-order valence-corrected chi connectivity index (χ1v) is 5.24. The Morgan fingerprint density at radius 1 is 1.56 bits per heavy atom. The fourth-order valence-electron chi connectivity index (χ4n) is 0.902. The van der Waals surface area contributed by atoms with Gasteiger partial charge >= 0.3 is 0 Å². The SMILES string of the molecule is CNc1ncc(Br)c(NCC(O)C(F)F)n1. The summed E-state index contributed by atoms with van der Waals surface area (Å²) >= 11 is 3.16. The first-order chi connectivity index (χ1) is 7.54. The second-order valence-corrected chi connectivity index (χ2v) is 3.78. The van der Waals surface area contributed by atoms with Crippen molar-refractivity contribution < 1.29 is 13.9 Å². The minimum atomic E-state index is -2.78. The van der Waals surface area contributed by atoms with Crippen molar-refractivity contribution >= 4 is 27.7 Å². The molecule has 1 atom stereocenters. The molecule has 0 aliphatic heterocycles. The number of anilines is 2. The molecule has 0 aromatic carbocycles. The van der Waals surface area contributed by atoms with E-state index in [0.717, 1.165) is 0 Å². The fourth-order valence-corrected chi connectivity index (χ4v) is 1.23. The van der Waals surface area contributed by atoms with Crippen LogP contribution < -0.4 is 10.6 Å².